The lowest BCUT2D eigenvalue weighted by Gasteiger charge is -2.06. The topological polar surface area (TPSA) is 17.1 Å². The van der Waals surface area contributed by atoms with Gasteiger partial charge < -0.3 is 0 Å². The van der Waals surface area contributed by atoms with Crippen LogP contribution in [0.1, 0.15) is 29.6 Å². The fraction of sp³-hybridized carbons (Fsp3) is 0.235. The van der Waals surface area contributed by atoms with Crippen molar-refractivity contribution in [3.05, 3.63) is 59.9 Å². The van der Waals surface area contributed by atoms with Crippen LogP contribution in [0.4, 0.5) is 4.39 Å². The van der Waals surface area contributed by atoms with E-state index in [2.05, 4.69) is 0 Å². The molecule has 2 aromatic carbocycles. The minimum atomic E-state index is -0.362. The van der Waals surface area contributed by atoms with Gasteiger partial charge in [-0.2, -0.15) is 0 Å². The SMILES string of the molecule is O=C(CCCCCl)c1ccc(-c2ccccc2)c(F)c1. The average Bonchev–Trinajstić information content (AvgIpc) is 2.48. The van der Waals surface area contributed by atoms with Gasteiger partial charge in [0, 0.05) is 23.4 Å². The molecule has 0 aliphatic rings. The van der Waals surface area contributed by atoms with E-state index in [4.69, 9.17) is 11.6 Å². The van der Waals surface area contributed by atoms with E-state index in [0.29, 0.717) is 23.4 Å². The molecule has 2 aromatic rings. The molecule has 0 saturated heterocycles. The molecule has 3 heteroatoms. The van der Waals surface area contributed by atoms with Gasteiger partial charge in [-0.1, -0.05) is 42.5 Å². The Balaban J connectivity index is 2.16. The summed E-state index contributed by atoms with van der Waals surface area (Å²) >= 11 is 5.57. The molecule has 1 nitrogen and oxygen atoms in total. The van der Waals surface area contributed by atoms with Crippen molar-refractivity contribution in [2.45, 2.75) is 19.3 Å². The van der Waals surface area contributed by atoms with Gasteiger partial charge in [0.05, 0.1) is 0 Å². The van der Waals surface area contributed by atoms with Crippen molar-refractivity contribution < 1.29 is 9.18 Å². The van der Waals surface area contributed by atoms with Crippen molar-refractivity contribution in [3.63, 3.8) is 0 Å². The number of ketones is 1. The fourth-order valence-electron chi connectivity index (χ4n) is 2.06. The van der Waals surface area contributed by atoms with Crippen LogP contribution in [0.3, 0.4) is 0 Å². The number of benzene rings is 2. The number of halogens is 2. The highest BCUT2D eigenvalue weighted by atomic mass is 35.5. The number of hydrogen-bond donors (Lipinski definition) is 0. The van der Waals surface area contributed by atoms with Crippen molar-refractivity contribution in [2.75, 3.05) is 5.88 Å². The smallest absolute Gasteiger partial charge is 0.162 e. The lowest BCUT2D eigenvalue weighted by atomic mass is 10.00. The molecule has 20 heavy (non-hydrogen) atoms. The van der Waals surface area contributed by atoms with Crippen LogP contribution >= 0.6 is 11.6 Å². The van der Waals surface area contributed by atoms with E-state index in [0.717, 1.165) is 18.4 Å². The summed E-state index contributed by atoms with van der Waals surface area (Å²) in [5.74, 6) is 0.155. The molecule has 0 atom stereocenters. The van der Waals surface area contributed by atoms with Crippen LogP contribution in [0.25, 0.3) is 11.1 Å². The number of alkyl halides is 1. The monoisotopic (exact) mass is 290 g/mol. The van der Waals surface area contributed by atoms with E-state index in [9.17, 15) is 9.18 Å². The van der Waals surface area contributed by atoms with Gasteiger partial charge in [0.1, 0.15) is 5.82 Å². The highest BCUT2D eigenvalue weighted by Crippen LogP contribution is 2.24. The van der Waals surface area contributed by atoms with Crippen LogP contribution in [0.2, 0.25) is 0 Å². The van der Waals surface area contributed by atoms with Crippen LogP contribution in [0.5, 0.6) is 0 Å². The molecule has 0 amide bonds. The van der Waals surface area contributed by atoms with Crippen molar-refractivity contribution in [3.8, 4) is 11.1 Å². The van der Waals surface area contributed by atoms with E-state index >= 15 is 0 Å². The highest BCUT2D eigenvalue weighted by Gasteiger charge is 2.10. The van der Waals surface area contributed by atoms with Gasteiger partial charge in [-0.25, -0.2) is 4.39 Å². The van der Waals surface area contributed by atoms with Crippen LogP contribution in [-0.2, 0) is 0 Å². The maximum Gasteiger partial charge on any atom is 0.162 e. The first-order valence-electron chi connectivity index (χ1n) is 6.66. The molecule has 0 fully saturated rings. The van der Waals surface area contributed by atoms with E-state index < -0.39 is 0 Å². The van der Waals surface area contributed by atoms with Gasteiger partial charge in [0.25, 0.3) is 0 Å². The third kappa shape index (κ3) is 3.67. The van der Waals surface area contributed by atoms with Crippen LogP contribution < -0.4 is 0 Å². The Hall–Kier alpha value is -1.67. The molecule has 0 spiro atoms. The fourth-order valence-corrected chi connectivity index (χ4v) is 2.25. The molecular weight excluding hydrogens is 275 g/mol. The summed E-state index contributed by atoms with van der Waals surface area (Å²) in [6.45, 7) is 0. The lowest BCUT2D eigenvalue weighted by Crippen LogP contribution is -2.00. The summed E-state index contributed by atoms with van der Waals surface area (Å²) in [4.78, 5) is 11.9. The first kappa shape index (κ1) is 14.7. The van der Waals surface area contributed by atoms with Crippen LogP contribution in [-0.4, -0.2) is 11.7 Å². The maximum absolute atomic E-state index is 14.1. The molecule has 0 radical (unpaired) electrons. The second kappa shape index (κ2) is 7.20. The normalized spacial score (nSPS) is 10.5. The van der Waals surface area contributed by atoms with E-state index in [1.807, 2.05) is 30.3 Å². The minimum Gasteiger partial charge on any atom is -0.294 e. The number of carbonyl (C=O) groups is 1. The first-order valence-corrected chi connectivity index (χ1v) is 7.20. The Morgan fingerprint density at radius 2 is 1.80 bits per heavy atom. The lowest BCUT2D eigenvalue weighted by molar-refractivity contribution is 0.0979. The van der Waals surface area contributed by atoms with Crippen LogP contribution in [0.15, 0.2) is 48.5 Å². The van der Waals surface area contributed by atoms with Crippen molar-refractivity contribution in [1.82, 2.24) is 0 Å². The number of carbonyl (C=O) groups excluding carboxylic acids is 1. The minimum absolute atomic E-state index is 0.0337. The summed E-state index contributed by atoms with van der Waals surface area (Å²) in [6, 6.07) is 14.0. The third-order valence-corrected chi connectivity index (χ3v) is 3.43. The van der Waals surface area contributed by atoms with E-state index in [1.165, 1.54) is 6.07 Å². The number of unbranched alkanes of at least 4 members (excludes halogenated alkanes) is 1. The average molecular weight is 291 g/mol. The van der Waals surface area contributed by atoms with Crippen LogP contribution in [0, 0.1) is 5.82 Å². The number of Topliss-reactive ketones (excluding diaryl/α,β-unsaturated/α-hetero) is 1. The number of hydrogen-bond acceptors (Lipinski definition) is 1. The molecular formula is C17H16ClFO. The number of rotatable bonds is 6. The first-order chi connectivity index (χ1) is 9.72. The zero-order valence-corrected chi connectivity index (χ0v) is 11.9. The molecule has 2 rings (SSSR count). The predicted molar refractivity (Wildman–Crippen MR) is 80.7 cm³/mol. The van der Waals surface area contributed by atoms with Gasteiger partial charge in [-0.05, 0) is 24.5 Å². The van der Waals surface area contributed by atoms with Crippen molar-refractivity contribution >= 4 is 17.4 Å². The second-order valence-corrected chi connectivity index (χ2v) is 5.01. The van der Waals surface area contributed by atoms with Crippen molar-refractivity contribution in [1.29, 1.82) is 0 Å². The Bertz CT molecular complexity index is 581. The molecule has 104 valence electrons. The Morgan fingerprint density at radius 3 is 2.45 bits per heavy atom. The van der Waals surface area contributed by atoms with Gasteiger partial charge >= 0.3 is 0 Å². The summed E-state index contributed by atoms with van der Waals surface area (Å²) in [5.41, 5.74) is 1.76. The molecule has 0 N–H and O–H groups in total. The largest absolute Gasteiger partial charge is 0.294 e. The highest BCUT2D eigenvalue weighted by molar-refractivity contribution is 6.17. The Labute approximate surface area is 123 Å². The van der Waals surface area contributed by atoms with Gasteiger partial charge in [-0.15, -0.1) is 11.6 Å². The maximum atomic E-state index is 14.1. The molecule has 0 aliphatic heterocycles. The molecule has 0 saturated carbocycles. The third-order valence-electron chi connectivity index (χ3n) is 3.16. The summed E-state index contributed by atoms with van der Waals surface area (Å²) in [7, 11) is 0. The zero-order valence-electron chi connectivity index (χ0n) is 11.1. The summed E-state index contributed by atoms with van der Waals surface area (Å²) in [5, 5.41) is 0. The molecule has 0 aliphatic carbocycles. The molecule has 0 unspecified atom stereocenters. The summed E-state index contributed by atoms with van der Waals surface area (Å²) in [6.07, 6.45) is 1.96. The molecule has 0 aromatic heterocycles. The summed E-state index contributed by atoms with van der Waals surface area (Å²) < 4.78 is 14.1. The molecule has 0 heterocycles. The predicted octanol–water partition coefficient (Wildman–Crippen LogP) is 5.08. The van der Waals surface area contributed by atoms with Gasteiger partial charge in [0.2, 0.25) is 0 Å². The van der Waals surface area contributed by atoms with E-state index in [1.54, 1.807) is 12.1 Å². The zero-order chi connectivity index (χ0) is 14.4. The van der Waals surface area contributed by atoms with Gasteiger partial charge in [-0.3, -0.25) is 4.79 Å². The molecule has 0 bridgehead atoms. The van der Waals surface area contributed by atoms with Gasteiger partial charge in [0.15, 0.2) is 5.78 Å². The standard InChI is InChI=1S/C17H16ClFO/c18-11-5-4-8-17(20)14-9-10-15(16(19)12-14)13-6-2-1-3-7-13/h1-3,6-7,9-10,12H,4-5,8,11H2. The second-order valence-electron chi connectivity index (χ2n) is 4.63. The Morgan fingerprint density at radius 1 is 1.05 bits per heavy atom. The Kier molecular flexibility index (Phi) is 5.31. The quantitative estimate of drug-likeness (QED) is 0.412. The van der Waals surface area contributed by atoms with Crippen molar-refractivity contribution in [2.24, 2.45) is 0 Å². The van der Waals surface area contributed by atoms with E-state index in [-0.39, 0.29) is 11.6 Å².